The topological polar surface area (TPSA) is 55.6 Å². The van der Waals surface area contributed by atoms with Gasteiger partial charge in [-0.2, -0.15) is 0 Å². The summed E-state index contributed by atoms with van der Waals surface area (Å²) in [5, 5.41) is 4.03. The highest BCUT2D eigenvalue weighted by Gasteiger charge is 2.51. The van der Waals surface area contributed by atoms with Crippen LogP contribution in [-0.2, 0) is 4.74 Å². The predicted octanol–water partition coefficient (Wildman–Crippen LogP) is 5.36. The van der Waals surface area contributed by atoms with Gasteiger partial charge in [-0.1, -0.05) is 36.7 Å². The highest BCUT2D eigenvalue weighted by molar-refractivity contribution is 8.01. The number of amides is 1. The third-order valence-electron chi connectivity index (χ3n) is 4.85. The molecule has 0 saturated carbocycles. The van der Waals surface area contributed by atoms with Crippen molar-refractivity contribution in [2.24, 2.45) is 5.92 Å². The number of thioether (sulfide) groups is 1. The number of halogens is 2. The number of hydrogen-bond acceptors (Lipinski definition) is 5. The zero-order chi connectivity index (χ0) is 20.8. The second kappa shape index (κ2) is 7.69. The van der Waals surface area contributed by atoms with E-state index in [1.807, 2.05) is 13.8 Å². The Bertz CT molecular complexity index is 879. The van der Waals surface area contributed by atoms with Gasteiger partial charge in [-0.15, -0.1) is 11.8 Å². The maximum absolute atomic E-state index is 14.5. The van der Waals surface area contributed by atoms with Gasteiger partial charge in [0.1, 0.15) is 29.1 Å². The number of carbonyl (C=O) groups excluding carboxylic acids is 1. The number of nitrogens with zero attached hydrogens (tertiary/aromatic N) is 2. The van der Waals surface area contributed by atoms with E-state index in [0.29, 0.717) is 5.76 Å². The van der Waals surface area contributed by atoms with Crippen molar-refractivity contribution in [3.63, 3.8) is 0 Å². The van der Waals surface area contributed by atoms with Crippen molar-refractivity contribution in [1.29, 1.82) is 0 Å². The van der Waals surface area contributed by atoms with Gasteiger partial charge >= 0.3 is 0 Å². The average Bonchev–Trinajstić information content (AvgIpc) is 3.11. The lowest BCUT2D eigenvalue weighted by Gasteiger charge is -2.32. The van der Waals surface area contributed by atoms with E-state index in [0.717, 1.165) is 0 Å². The molecule has 0 radical (unpaired) electrons. The molecule has 1 aromatic carbocycles. The number of ether oxygens (including phenoxy) is 1. The molecule has 5 nitrogen and oxygen atoms in total. The molecular formula is C20H24ClFN2O3S. The summed E-state index contributed by atoms with van der Waals surface area (Å²) in [5.74, 6) is -0.369. The molecule has 0 aliphatic carbocycles. The number of aryl methyl sites for hydroxylation is 1. The van der Waals surface area contributed by atoms with Gasteiger partial charge in [-0.25, -0.2) is 4.39 Å². The molecule has 0 bridgehead atoms. The summed E-state index contributed by atoms with van der Waals surface area (Å²) < 4.78 is 25.2. The molecule has 2 heterocycles. The Morgan fingerprint density at radius 1 is 1.43 bits per heavy atom. The fraction of sp³-hybridized carbons (Fsp3) is 0.500. The first kappa shape index (κ1) is 21.1. The van der Waals surface area contributed by atoms with Crippen molar-refractivity contribution in [2.45, 2.75) is 51.0 Å². The Morgan fingerprint density at radius 2 is 2.11 bits per heavy atom. The number of benzene rings is 1. The number of hydrogen-bond donors (Lipinski definition) is 0. The van der Waals surface area contributed by atoms with Crippen LogP contribution in [0.5, 0.6) is 0 Å². The second-order valence-corrected chi connectivity index (χ2v) is 9.89. The summed E-state index contributed by atoms with van der Waals surface area (Å²) in [5.41, 5.74) is 0.376. The number of aromatic nitrogens is 1. The van der Waals surface area contributed by atoms with Crippen molar-refractivity contribution in [1.82, 2.24) is 10.1 Å². The van der Waals surface area contributed by atoms with Crippen LogP contribution in [0.25, 0.3) is 11.3 Å². The summed E-state index contributed by atoms with van der Waals surface area (Å²) in [6.07, 6.45) is -0.448. The van der Waals surface area contributed by atoms with Gasteiger partial charge in [0.25, 0.3) is 5.91 Å². The summed E-state index contributed by atoms with van der Waals surface area (Å²) in [6, 6.07) is 4.34. The molecule has 2 aromatic rings. The molecule has 1 aromatic heterocycles. The largest absolute Gasteiger partial charge is 0.360 e. The predicted molar refractivity (Wildman–Crippen MR) is 109 cm³/mol. The highest BCUT2D eigenvalue weighted by atomic mass is 35.5. The molecule has 0 N–H and O–H groups in total. The Hall–Kier alpha value is -1.57. The molecule has 152 valence electrons. The summed E-state index contributed by atoms with van der Waals surface area (Å²) in [4.78, 5) is 15.4. The molecule has 2 atom stereocenters. The number of methoxy groups -OCH3 is 1. The van der Waals surface area contributed by atoms with E-state index in [2.05, 4.69) is 19.0 Å². The Morgan fingerprint density at radius 3 is 2.68 bits per heavy atom. The Labute approximate surface area is 173 Å². The minimum absolute atomic E-state index is 0.0607. The lowest BCUT2D eigenvalue weighted by Crippen LogP contribution is -2.48. The van der Waals surface area contributed by atoms with Crippen molar-refractivity contribution >= 4 is 29.3 Å². The molecule has 1 fully saturated rings. The Kier molecular flexibility index (Phi) is 5.81. The normalized spacial score (nSPS) is 21.5. The van der Waals surface area contributed by atoms with Crippen molar-refractivity contribution < 1.29 is 18.4 Å². The van der Waals surface area contributed by atoms with Crippen LogP contribution < -0.4 is 0 Å². The third-order valence-corrected chi connectivity index (χ3v) is 6.99. The zero-order valence-electron chi connectivity index (χ0n) is 16.7. The van der Waals surface area contributed by atoms with Crippen LogP contribution in [0.2, 0.25) is 5.02 Å². The van der Waals surface area contributed by atoms with Crippen LogP contribution in [0.1, 0.15) is 43.8 Å². The van der Waals surface area contributed by atoms with E-state index in [1.165, 1.54) is 12.1 Å². The van der Waals surface area contributed by atoms with Crippen LogP contribution in [0.4, 0.5) is 4.39 Å². The molecule has 1 saturated heterocycles. The minimum atomic E-state index is -0.560. The van der Waals surface area contributed by atoms with Crippen LogP contribution in [0.15, 0.2) is 22.7 Å². The van der Waals surface area contributed by atoms with Crippen molar-refractivity contribution in [2.75, 3.05) is 7.11 Å². The van der Waals surface area contributed by atoms with Crippen LogP contribution >= 0.6 is 23.4 Å². The second-order valence-electron chi connectivity index (χ2n) is 7.72. The van der Waals surface area contributed by atoms with E-state index in [-0.39, 0.29) is 43.8 Å². The lowest BCUT2D eigenvalue weighted by molar-refractivity contribution is -0.0347. The first-order chi connectivity index (χ1) is 13.1. The average molecular weight is 427 g/mol. The van der Waals surface area contributed by atoms with E-state index in [4.69, 9.17) is 20.9 Å². The van der Waals surface area contributed by atoms with Gasteiger partial charge in [0.05, 0.1) is 20.7 Å². The SMILES string of the molecule is COC1N(C(=O)c2c(-c3c(F)cccc3Cl)noc2C)C(C(C)C)SC1(C)C. The zero-order valence-corrected chi connectivity index (χ0v) is 18.3. The quantitative estimate of drug-likeness (QED) is 0.658. The molecule has 1 aliphatic rings. The molecule has 0 spiro atoms. The molecule has 3 rings (SSSR count). The van der Waals surface area contributed by atoms with E-state index >= 15 is 0 Å². The van der Waals surface area contributed by atoms with E-state index in [1.54, 1.807) is 36.8 Å². The molecule has 2 unspecified atom stereocenters. The summed E-state index contributed by atoms with van der Waals surface area (Å²) in [7, 11) is 1.59. The third kappa shape index (κ3) is 3.44. The molecule has 8 heteroatoms. The van der Waals surface area contributed by atoms with Gasteiger partial charge in [-0.05, 0) is 38.8 Å². The lowest BCUT2D eigenvalue weighted by atomic mass is 10.0. The van der Waals surface area contributed by atoms with Gasteiger partial charge in [0.2, 0.25) is 0 Å². The maximum atomic E-state index is 14.5. The van der Waals surface area contributed by atoms with Crippen LogP contribution in [0.3, 0.4) is 0 Å². The maximum Gasteiger partial charge on any atom is 0.262 e. The first-order valence-corrected chi connectivity index (χ1v) is 10.3. The van der Waals surface area contributed by atoms with E-state index in [9.17, 15) is 9.18 Å². The minimum Gasteiger partial charge on any atom is -0.360 e. The molecule has 1 aliphatic heterocycles. The molecule has 28 heavy (non-hydrogen) atoms. The van der Waals surface area contributed by atoms with Gasteiger partial charge in [-0.3, -0.25) is 9.69 Å². The Balaban J connectivity index is 2.14. The van der Waals surface area contributed by atoms with Gasteiger partial charge < -0.3 is 9.26 Å². The first-order valence-electron chi connectivity index (χ1n) is 9.04. The molecule has 1 amide bonds. The fourth-order valence-electron chi connectivity index (χ4n) is 3.62. The number of carbonyl (C=O) groups is 1. The summed E-state index contributed by atoms with van der Waals surface area (Å²) >= 11 is 7.90. The van der Waals surface area contributed by atoms with Crippen molar-refractivity contribution in [3.05, 3.63) is 40.4 Å². The number of rotatable bonds is 4. The van der Waals surface area contributed by atoms with Crippen LogP contribution in [0, 0.1) is 18.7 Å². The fourth-order valence-corrected chi connectivity index (χ4v) is 5.41. The standard InChI is InChI=1S/C20H24ClFN2O3S/c1-10(2)18-24(19(26-6)20(4,5)28-18)17(25)14-11(3)27-23-16(14)15-12(21)8-7-9-13(15)22/h7-10,18-19H,1-6H3. The van der Waals surface area contributed by atoms with Crippen molar-refractivity contribution in [3.8, 4) is 11.3 Å². The van der Waals surface area contributed by atoms with Gasteiger partial charge in [0, 0.05) is 7.11 Å². The highest BCUT2D eigenvalue weighted by Crippen LogP contribution is 2.48. The smallest absolute Gasteiger partial charge is 0.262 e. The van der Waals surface area contributed by atoms with Gasteiger partial charge in [0.15, 0.2) is 0 Å². The molecular weight excluding hydrogens is 403 g/mol. The van der Waals surface area contributed by atoms with Crippen LogP contribution in [-0.4, -0.2) is 39.4 Å². The summed E-state index contributed by atoms with van der Waals surface area (Å²) in [6.45, 7) is 9.84. The van der Waals surface area contributed by atoms with E-state index < -0.39 is 12.0 Å². The monoisotopic (exact) mass is 426 g/mol.